The lowest BCUT2D eigenvalue weighted by Crippen LogP contribution is -2.37. The summed E-state index contributed by atoms with van der Waals surface area (Å²) in [4.78, 5) is 14.5. The topological polar surface area (TPSA) is 55.6 Å². The number of carbonyl (C=O) groups excluding carboxylic acids is 1. The molecule has 0 radical (unpaired) electrons. The fraction of sp³-hybridized carbons (Fsp3) is 0.208. The second-order valence-electron chi connectivity index (χ2n) is 7.46. The second kappa shape index (κ2) is 6.71. The van der Waals surface area contributed by atoms with Gasteiger partial charge in [0.15, 0.2) is 0 Å². The summed E-state index contributed by atoms with van der Waals surface area (Å²) in [5.74, 6) is 0.0871. The number of anilines is 1. The average molecular weight is 370 g/mol. The van der Waals surface area contributed by atoms with Gasteiger partial charge in [-0.2, -0.15) is 0 Å². The SMILES string of the molecule is Nc1cccc2c1CCN(C(=O)OCC1c3ccccc3-c3ccccc31)C2. The number of fused-ring (bicyclic) bond motifs is 4. The van der Waals surface area contributed by atoms with Crippen molar-refractivity contribution in [3.8, 4) is 11.1 Å². The predicted octanol–water partition coefficient (Wildman–Crippen LogP) is 4.58. The Kier molecular flexibility index (Phi) is 4.05. The Bertz CT molecular complexity index is 1010. The number of carbonyl (C=O) groups is 1. The van der Waals surface area contributed by atoms with Gasteiger partial charge in [-0.25, -0.2) is 4.79 Å². The minimum absolute atomic E-state index is 0.0871. The maximum atomic E-state index is 12.7. The van der Waals surface area contributed by atoms with Gasteiger partial charge in [0.25, 0.3) is 0 Å². The van der Waals surface area contributed by atoms with Crippen LogP contribution in [0.1, 0.15) is 28.2 Å². The molecule has 1 heterocycles. The van der Waals surface area contributed by atoms with Crippen LogP contribution in [0.3, 0.4) is 0 Å². The van der Waals surface area contributed by atoms with Gasteiger partial charge in [0.2, 0.25) is 0 Å². The van der Waals surface area contributed by atoms with Crippen molar-refractivity contribution >= 4 is 11.8 Å². The summed E-state index contributed by atoms with van der Waals surface area (Å²) in [6, 6.07) is 22.6. The smallest absolute Gasteiger partial charge is 0.410 e. The van der Waals surface area contributed by atoms with E-state index in [1.807, 2.05) is 30.3 Å². The average Bonchev–Trinajstić information content (AvgIpc) is 3.06. The molecule has 0 aromatic heterocycles. The summed E-state index contributed by atoms with van der Waals surface area (Å²) < 4.78 is 5.78. The number of benzene rings is 3. The maximum absolute atomic E-state index is 12.7. The van der Waals surface area contributed by atoms with Crippen LogP contribution >= 0.6 is 0 Å². The van der Waals surface area contributed by atoms with Crippen LogP contribution in [0.4, 0.5) is 10.5 Å². The van der Waals surface area contributed by atoms with Crippen LogP contribution in [0.15, 0.2) is 66.7 Å². The molecule has 3 aromatic carbocycles. The van der Waals surface area contributed by atoms with Crippen molar-refractivity contribution in [1.82, 2.24) is 4.90 Å². The molecular formula is C24H22N2O2. The minimum atomic E-state index is -0.255. The van der Waals surface area contributed by atoms with Crippen molar-refractivity contribution in [3.05, 3.63) is 89.0 Å². The second-order valence-corrected chi connectivity index (χ2v) is 7.46. The quantitative estimate of drug-likeness (QED) is 0.672. The van der Waals surface area contributed by atoms with E-state index in [2.05, 4.69) is 36.4 Å². The van der Waals surface area contributed by atoms with Crippen LogP contribution in [0, 0.1) is 0 Å². The van der Waals surface area contributed by atoms with Gasteiger partial charge in [0, 0.05) is 24.7 Å². The molecule has 0 spiro atoms. The molecule has 140 valence electrons. The van der Waals surface area contributed by atoms with Gasteiger partial charge >= 0.3 is 6.09 Å². The van der Waals surface area contributed by atoms with Gasteiger partial charge in [-0.15, -0.1) is 0 Å². The van der Waals surface area contributed by atoms with Crippen LogP contribution in [0.25, 0.3) is 11.1 Å². The molecule has 0 atom stereocenters. The molecule has 0 saturated carbocycles. The summed E-state index contributed by atoms with van der Waals surface area (Å²) in [5, 5.41) is 0. The molecule has 1 aliphatic heterocycles. The fourth-order valence-corrected chi connectivity index (χ4v) is 4.48. The molecule has 4 heteroatoms. The Morgan fingerprint density at radius 1 is 0.964 bits per heavy atom. The number of amides is 1. The van der Waals surface area contributed by atoms with E-state index in [1.165, 1.54) is 22.3 Å². The highest BCUT2D eigenvalue weighted by Gasteiger charge is 2.30. The molecule has 0 saturated heterocycles. The molecule has 1 aliphatic carbocycles. The monoisotopic (exact) mass is 370 g/mol. The Balaban J connectivity index is 1.32. The minimum Gasteiger partial charge on any atom is -0.448 e. The van der Waals surface area contributed by atoms with E-state index >= 15 is 0 Å². The van der Waals surface area contributed by atoms with Crippen molar-refractivity contribution in [2.45, 2.75) is 18.9 Å². The highest BCUT2D eigenvalue weighted by atomic mass is 16.6. The number of ether oxygens (including phenoxy) is 1. The van der Waals surface area contributed by atoms with Crippen LogP contribution in [0.2, 0.25) is 0 Å². The molecule has 5 rings (SSSR count). The third-order valence-corrected chi connectivity index (χ3v) is 5.90. The third kappa shape index (κ3) is 2.73. The number of nitrogens with zero attached hydrogens (tertiary/aromatic N) is 1. The maximum Gasteiger partial charge on any atom is 0.410 e. The van der Waals surface area contributed by atoms with Crippen molar-refractivity contribution in [2.24, 2.45) is 0 Å². The molecule has 0 bridgehead atoms. The zero-order valence-corrected chi connectivity index (χ0v) is 15.6. The highest BCUT2D eigenvalue weighted by molar-refractivity contribution is 5.79. The van der Waals surface area contributed by atoms with E-state index in [9.17, 15) is 4.79 Å². The van der Waals surface area contributed by atoms with Gasteiger partial charge in [0.1, 0.15) is 6.61 Å². The number of hydrogen-bond donors (Lipinski definition) is 1. The standard InChI is InChI=1S/C24H22N2O2/c25-23-11-5-6-16-14-26(13-12-17(16)23)24(27)28-15-22-20-9-3-1-7-18(20)19-8-2-4-10-21(19)22/h1-11,22H,12-15,25H2. The molecule has 3 aromatic rings. The first-order chi connectivity index (χ1) is 13.7. The molecule has 1 amide bonds. The predicted molar refractivity (Wildman–Crippen MR) is 110 cm³/mol. The number of nitrogen functional groups attached to an aromatic ring is 1. The number of rotatable bonds is 2. The van der Waals surface area contributed by atoms with Crippen molar-refractivity contribution in [2.75, 3.05) is 18.9 Å². The zero-order valence-electron chi connectivity index (χ0n) is 15.6. The van der Waals surface area contributed by atoms with Crippen LogP contribution in [0.5, 0.6) is 0 Å². The van der Waals surface area contributed by atoms with Gasteiger partial charge < -0.3 is 15.4 Å². The van der Waals surface area contributed by atoms with Gasteiger partial charge in [-0.1, -0.05) is 60.7 Å². The van der Waals surface area contributed by atoms with E-state index < -0.39 is 0 Å². The van der Waals surface area contributed by atoms with Gasteiger partial charge in [-0.3, -0.25) is 0 Å². The molecule has 2 N–H and O–H groups in total. The first-order valence-corrected chi connectivity index (χ1v) is 9.68. The van der Waals surface area contributed by atoms with Crippen molar-refractivity contribution < 1.29 is 9.53 Å². The lowest BCUT2D eigenvalue weighted by atomic mass is 9.98. The summed E-state index contributed by atoms with van der Waals surface area (Å²) in [5.41, 5.74) is 14.1. The number of nitrogens with two attached hydrogens (primary N) is 1. The van der Waals surface area contributed by atoms with E-state index in [-0.39, 0.29) is 12.0 Å². The highest BCUT2D eigenvalue weighted by Crippen LogP contribution is 2.44. The summed E-state index contributed by atoms with van der Waals surface area (Å²) in [6.45, 7) is 1.54. The third-order valence-electron chi connectivity index (χ3n) is 5.90. The lowest BCUT2D eigenvalue weighted by molar-refractivity contribution is 0.0954. The van der Waals surface area contributed by atoms with Crippen LogP contribution < -0.4 is 5.73 Å². The summed E-state index contributed by atoms with van der Waals surface area (Å²) >= 11 is 0. The van der Waals surface area contributed by atoms with Crippen LogP contribution in [-0.4, -0.2) is 24.1 Å². The molecule has 2 aliphatic rings. The molecular weight excluding hydrogens is 348 g/mol. The largest absolute Gasteiger partial charge is 0.448 e. The lowest BCUT2D eigenvalue weighted by Gasteiger charge is -2.29. The van der Waals surface area contributed by atoms with E-state index in [0.717, 1.165) is 23.2 Å². The van der Waals surface area contributed by atoms with Crippen molar-refractivity contribution in [3.63, 3.8) is 0 Å². The summed E-state index contributed by atoms with van der Waals surface area (Å²) in [6.07, 6.45) is 0.515. The normalized spacial score (nSPS) is 14.9. The summed E-state index contributed by atoms with van der Waals surface area (Å²) in [7, 11) is 0. The molecule has 28 heavy (non-hydrogen) atoms. The Morgan fingerprint density at radius 2 is 1.64 bits per heavy atom. The Labute approximate surface area is 164 Å². The zero-order chi connectivity index (χ0) is 19.1. The molecule has 4 nitrogen and oxygen atoms in total. The van der Waals surface area contributed by atoms with Gasteiger partial charge in [0.05, 0.1) is 0 Å². The first kappa shape index (κ1) is 16.9. The molecule has 0 unspecified atom stereocenters. The Morgan fingerprint density at radius 3 is 2.36 bits per heavy atom. The van der Waals surface area contributed by atoms with E-state index in [4.69, 9.17) is 10.5 Å². The van der Waals surface area contributed by atoms with E-state index in [1.54, 1.807) is 4.90 Å². The van der Waals surface area contributed by atoms with Crippen molar-refractivity contribution in [1.29, 1.82) is 0 Å². The number of hydrogen-bond acceptors (Lipinski definition) is 3. The van der Waals surface area contributed by atoms with Gasteiger partial charge in [-0.05, 0) is 45.9 Å². The molecule has 0 fully saturated rings. The van der Waals surface area contributed by atoms with Crippen LogP contribution in [-0.2, 0) is 17.7 Å². The fourth-order valence-electron chi connectivity index (χ4n) is 4.48. The Hall–Kier alpha value is -3.27. The first-order valence-electron chi connectivity index (χ1n) is 9.68. The van der Waals surface area contributed by atoms with E-state index in [0.29, 0.717) is 19.7 Å².